The fraction of sp³-hybridized carbons (Fsp3) is 0.417. The van der Waals surface area contributed by atoms with Gasteiger partial charge in [0.2, 0.25) is 0 Å². The van der Waals surface area contributed by atoms with E-state index in [4.69, 9.17) is 5.11 Å². The van der Waals surface area contributed by atoms with E-state index in [9.17, 15) is 4.79 Å². The van der Waals surface area contributed by atoms with E-state index in [1.165, 1.54) is 0 Å². The van der Waals surface area contributed by atoms with Crippen LogP contribution in [0.1, 0.15) is 24.2 Å². The number of hydrogen-bond donors (Lipinski definition) is 2. The Morgan fingerprint density at radius 3 is 2.75 bits per heavy atom. The minimum Gasteiger partial charge on any atom is -0.396 e. The lowest BCUT2D eigenvalue weighted by Gasteiger charge is -2.19. The van der Waals surface area contributed by atoms with Crippen LogP contribution in [0, 0.1) is 9.49 Å². The molecular weight excluding hydrogens is 317 g/mol. The number of nitrogens with one attached hydrogen (secondary N) is 1. The SMILES string of the molecule is CC(CO)C(C)NC(=O)c1cccc(I)c1. The van der Waals surface area contributed by atoms with E-state index >= 15 is 0 Å². The highest BCUT2D eigenvalue weighted by Crippen LogP contribution is 2.09. The number of aliphatic hydroxyl groups is 1. The van der Waals surface area contributed by atoms with Crippen molar-refractivity contribution in [3.05, 3.63) is 33.4 Å². The molecule has 0 radical (unpaired) electrons. The zero-order valence-corrected chi connectivity index (χ0v) is 11.6. The molecule has 0 heterocycles. The first-order valence-electron chi connectivity index (χ1n) is 5.22. The summed E-state index contributed by atoms with van der Waals surface area (Å²) in [7, 11) is 0. The first kappa shape index (κ1) is 13.4. The molecule has 2 N–H and O–H groups in total. The Morgan fingerprint density at radius 1 is 1.50 bits per heavy atom. The summed E-state index contributed by atoms with van der Waals surface area (Å²) in [4.78, 5) is 11.8. The van der Waals surface area contributed by atoms with Crippen molar-refractivity contribution in [1.82, 2.24) is 5.32 Å². The topological polar surface area (TPSA) is 49.3 Å². The van der Waals surface area contributed by atoms with Crippen molar-refractivity contribution in [2.45, 2.75) is 19.9 Å². The molecule has 0 saturated heterocycles. The number of carbonyl (C=O) groups excluding carboxylic acids is 1. The molecule has 0 aliphatic rings. The van der Waals surface area contributed by atoms with E-state index in [0.717, 1.165) is 3.57 Å². The zero-order chi connectivity index (χ0) is 12.1. The largest absolute Gasteiger partial charge is 0.396 e. The van der Waals surface area contributed by atoms with Crippen LogP contribution in [0.2, 0.25) is 0 Å². The van der Waals surface area contributed by atoms with Gasteiger partial charge in [0.05, 0.1) is 0 Å². The van der Waals surface area contributed by atoms with Crippen molar-refractivity contribution in [1.29, 1.82) is 0 Å². The smallest absolute Gasteiger partial charge is 0.251 e. The molecule has 1 rings (SSSR count). The van der Waals surface area contributed by atoms with E-state index < -0.39 is 0 Å². The summed E-state index contributed by atoms with van der Waals surface area (Å²) in [6.07, 6.45) is 0. The van der Waals surface area contributed by atoms with Crippen LogP contribution < -0.4 is 5.32 Å². The normalized spacial score (nSPS) is 14.2. The quantitative estimate of drug-likeness (QED) is 0.829. The summed E-state index contributed by atoms with van der Waals surface area (Å²) in [6.45, 7) is 3.88. The van der Waals surface area contributed by atoms with Crippen LogP contribution in [0.3, 0.4) is 0 Å². The summed E-state index contributed by atoms with van der Waals surface area (Å²) >= 11 is 2.17. The molecule has 1 aromatic rings. The van der Waals surface area contributed by atoms with Gasteiger partial charge >= 0.3 is 0 Å². The summed E-state index contributed by atoms with van der Waals surface area (Å²) in [5, 5.41) is 11.9. The Labute approximate surface area is 109 Å². The van der Waals surface area contributed by atoms with Gasteiger partial charge in [-0.3, -0.25) is 4.79 Å². The van der Waals surface area contributed by atoms with Crippen molar-refractivity contribution in [3.8, 4) is 0 Å². The maximum absolute atomic E-state index is 11.8. The summed E-state index contributed by atoms with van der Waals surface area (Å²) < 4.78 is 1.04. The molecule has 88 valence electrons. The third-order valence-electron chi connectivity index (χ3n) is 2.59. The number of hydrogen-bond acceptors (Lipinski definition) is 2. The number of rotatable bonds is 4. The molecule has 0 fully saturated rings. The molecule has 1 amide bonds. The van der Waals surface area contributed by atoms with Crippen LogP contribution in [0.25, 0.3) is 0 Å². The molecule has 0 saturated carbocycles. The molecule has 2 unspecified atom stereocenters. The highest BCUT2D eigenvalue weighted by molar-refractivity contribution is 14.1. The van der Waals surface area contributed by atoms with Gasteiger partial charge in [0.15, 0.2) is 0 Å². The maximum atomic E-state index is 11.8. The third kappa shape index (κ3) is 3.75. The summed E-state index contributed by atoms with van der Waals surface area (Å²) in [5.74, 6) is -0.0296. The monoisotopic (exact) mass is 333 g/mol. The van der Waals surface area contributed by atoms with Gasteiger partial charge in [0, 0.05) is 21.8 Å². The zero-order valence-electron chi connectivity index (χ0n) is 9.40. The number of amides is 1. The van der Waals surface area contributed by atoms with Gasteiger partial charge in [-0.15, -0.1) is 0 Å². The van der Waals surface area contributed by atoms with E-state index in [1.807, 2.05) is 32.0 Å². The average Bonchev–Trinajstić information content (AvgIpc) is 2.27. The fourth-order valence-electron chi connectivity index (χ4n) is 1.22. The standard InChI is InChI=1S/C12H16INO2/c1-8(7-15)9(2)14-12(16)10-4-3-5-11(13)6-10/h3-6,8-9,15H,7H2,1-2H3,(H,14,16). The van der Waals surface area contributed by atoms with Gasteiger partial charge in [-0.05, 0) is 53.6 Å². The number of halogens is 1. The molecule has 3 nitrogen and oxygen atoms in total. The highest BCUT2D eigenvalue weighted by Gasteiger charge is 2.14. The molecule has 0 aromatic heterocycles. The van der Waals surface area contributed by atoms with Crippen LogP contribution in [-0.2, 0) is 0 Å². The van der Waals surface area contributed by atoms with Gasteiger partial charge in [-0.2, -0.15) is 0 Å². The molecule has 1 aromatic carbocycles. The Kier molecular flexibility index (Phi) is 5.21. The third-order valence-corrected chi connectivity index (χ3v) is 3.26. The van der Waals surface area contributed by atoms with Crippen LogP contribution >= 0.6 is 22.6 Å². The number of carbonyl (C=O) groups is 1. The second-order valence-corrected chi connectivity index (χ2v) is 5.18. The summed E-state index contributed by atoms with van der Waals surface area (Å²) in [6, 6.07) is 7.39. The minimum atomic E-state index is -0.0914. The number of benzene rings is 1. The Morgan fingerprint density at radius 2 is 2.19 bits per heavy atom. The molecule has 2 atom stereocenters. The molecule has 0 spiro atoms. The van der Waals surface area contributed by atoms with Crippen molar-refractivity contribution in [3.63, 3.8) is 0 Å². The molecule has 0 aliphatic heterocycles. The van der Waals surface area contributed by atoms with E-state index in [-0.39, 0.29) is 24.5 Å². The first-order chi connectivity index (χ1) is 7.54. The van der Waals surface area contributed by atoms with Gasteiger partial charge in [0.1, 0.15) is 0 Å². The predicted molar refractivity (Wildman–Crippen MR) is 72.3 cm³/mol. The Balaban J connectivity index is 2.66. The van der Waals surface area contributed by atoms with Crippen molar-refractivity contribution < 1.29 is 9.90 Å². The van der Waals surface area contributed by atoms with Gasteiger partial charge in [0.25, 0.3) is 5.91 Å². The van der Waals surface area contributed by atoms with Crippen LogP contribution in [0.5, 0.6) is 0 Å². The van der Waals surface area contributed by atoms with Crippen molar-refractivity contribution >= 4 is 28.5 Å². The van der Waals surface area contributed by atoms with Crippen molar-refractivity contribution in [2.75, 3.05) is 6.61 Å². The van der Waals surface area contributed by atoms with Gasteiger partial charge < -0.3 is 10.4 Å². The van der Waals surface area contributed by atoms with Gasteiger partial charge in [-0.25, -0.2) is 0 Å². The Hall–Kier alpha value is -0.620. The first-order valence-corrected chi connectivity index (χ1v) is 6.29. The van der Waals surface area contributed by atoms with Crippen LogP contribution in [0.15, 0.2) is 24.3 Å². The Bertz CT molecular complexity index is 368. The van der Waals surface area contributed by atoms with E-state index in [1.54, 1.807) is 6.07 Å². The molecule has 4 heteroatoms. The number of aliphatic hydroxyl groups excluding tert-OH is 1. The molecule has 16 heavy (non-hydrogen) atoms. The highest BCUT2D eigenvalue weighted by atomic mass is 127. The lowest BCUT2D eigenvalue weighted by atomic mass is 10.0. The molecule has 0 bridgehead atoms. The van der Waals surface area contributed by atoms with Crippen molar-refractivity contribution in [2.24, 2.45) is 5.92 Å². The van der Waals surface area contributed by atoms with E-state index in [0.29, 0.717) is 5.56 Å². The molecule has 0 aliphatic carbocycles. The van der Waals surface area contributed by atoms with Gasteiger partial charge in [-0.1, -0.05) is 13.0 Å². The maximum Gasteiger partial charge on any atom is 0.251 e. The predicted octanol–water partition coefficient (Wildman–Crippen LogP) is 2.04. The average molecular weight is 333 g/mol. The lowest BCUT2D eigenvalue weighted by molar-refractivity contribution is 0.0916. The fourth-order valence-corrected chi connectivity index (χ4v) is 1.76. The van der Waals surface area contributed by atoms with Crippen LogP contribution in [0.4, 0.5) is 0 Å². The second-order valence-electron chi connectivity index (χ2n) is 3.93. The van der Waals surface area contributed by atoms with E-state index in [2.05, 4.69) is 27.9 Å². The minimum absolute atomic E-state index is 0.0321. The summed E-state index contributed by atoms with van der Waals surface area (Å²) in [5.41, 5.74) is 0.656. The lowest BCUT2D eigenvalue weighted by Crippen LogP contribution is -2.38. The second kappa shape index (κ2) is 6.20. The molecular formula is C12H16INO2. The van der Waals surface area contributed by atoms with Crippen LogP contribution in [-0.4, -0.2) is 23.7 Å².